The Hall–Kier alpha value is -3.33. The number of aryl methyl sites for hydroxylation is 1. The lowest BCUT2D eigenvalue weighted by Gasteiger charge is -2.21. The summed E-state index contributed by atoms with van der Waals surface area (Å²) in [4.78, 5) is 11.1. The standard InChI is InChI=1S/C21H27N9/c1-28-20(7-10-25-28)27-21-24-9-6-17(26-21)16-8-13-30(18(22)14-16)19(23)15-29-11-4-2-3-5-12-29/h6-10,13-14,22-23H,2-5,11-12,15H2,1H3,(H,24,26,27). The van der Waals surface area contributed by atoms with Gasteiger partial charge in [-0.2, -0.15) is 5.10 Å². The van der Waals surface area contributed by atoms with Crippen molar-refractivity contribution in [3.63, 3.8) is 0 Å². The van der Waals surface area contributed by atoms with Gasteiger partial charge in [-0.05, 0) is 44.1 Å². The monoisotopic (exact) mass is 405 g/mol. The molecule has 0 radical (unpaired) electrons. The largest absolute Gasteiger partial charge is 0.309 e. The Morgan fingerprint density at radius 1 is 1.10 bits per heavy atom. The van der Waals surface area contributed by atoms with E-state index >= 15 is 0 Å². The van der Waals surface area contributed by atoms with Gasteiger partial charge >= 0.3 is 0 Å². The van der Waals surface area contributed by atoms with Crippen LogP contribution in [0.3, 0.4) is 0 Å². The molecule has 0 atom stereocenters. The van der Waals surface area contributed by atoms with Crippen LogP contribution in [0.25, 0.3) is 11.3 Å². The molecule has 0 unspecified atom stereocenters. The van der Waals surface area contributed by atoms with Gasteiger partial charge in [-0.3, -0.25) is 25.0 Å². The summed E-state index contributed by atoms with van der Waals surface area (Å²) in [7, 11) is 1.84. The minimum atomic E-state index is 0.270. The van der Waals surface area contributed by atoms with Gasteiger partial charge in [0.1, 0.15) is 17.1 Å². The van der Waals surface area contributed by atoms with E-state index in [9.17, 15) is 0 Å². The maximum Gasteiger partial charge on any atom is 0.228 e. The summed E-state index contributed by atoms with van der Waals surface area (Å²) in [5.74, 6) is 1.68. The fourth-order valence-electron chi connectivity index (χ4n) is 3.67. The highest BCUT2D eigenvalue weighted by atomic mass is 15.3. The molecule has 3 N–H and O–H groups in total. The van der Waals surface area contributed by atoms with E-state index in [2.05, 4.69) is 25.3 Å². The second-order valence-corrected chi connectivity index (χ2v) is 7.54. The molecule has 3 aromatic rings. The summed E-state index contributed by atoms with van der Waals surface area (Å²) in [5.41, 5.74) is 1.80. The van der Waals surface area contributed by atoms with Crippen molar-refractivity contribution in [3.05, 3.63) is 48.3 Å². The van der Waals surface area contributed by atoms with E-state index in [0.29, 0.717) is 18.3 Å². The minimum absolute atomic E-state index is 0.270. The normalized spacial score (nSPS) is 15.0. The van der Waals surface area contributed by atoms with Crippen LogP contribution in [0.5, 0.6) is 0 Å². The Balaban J connectivity index is 1.50. The molecule has 156 valence electrons. The van der Waals surface area contributed by atoms with Crippen LogP contribution in [-0.4, -0.2) is 54.7 Å². The Morgan fingerprint density at radius 3 is 2.60 bits per heavy atom. The van der Waals surface area contributed by atoms with Crippen molar-refractivity contribution in [3.8, 4) is 11.3 Å². The second kappa shape index (κ2) is 9.00. The van der Waals surface area contributed by atoms with E-state index in [0.717, 1.165) is 30.2 Å². The van der Waals surface area contributed by atoms with Crippen molar-refractivity contribution in [1.82, 2.24) is 29.2 Å². The molecule has 0 aromatic carbocycles. The van der Waals surface area contributed by atoms with Crippen LogP contribution in [0.4, 0.5) is 11.8 Å². The van der Waals surface area contributed by atoms with E-state index in [4.69, 9.17) is 10.8 Å². The molecule has 4 heterocycles. The third kappa shape index (κ3) is 4.62. The van der Waals surface area contributed by atoms with Crippen molar-refractivity contribution < 1.29 is 0 Å². The molecular weight excluding hydrogens is 378 g/mol. The molecule has 30 heavy (non-hydrogen) atoms. The van der Waals surface area contributed by atoms with Gasteiger partial charge in [0.2, 0.25) is 5.95 Å². The molecule has 1 aliphatic rings. The van der Waals surface area contributed by atoms with Gasteiger partial charge in [-0.1, -0.05) is 12.8 Å². The van der Waals surface area contributed by atoms with Gasteiger partial charge in [0.05, 0.1) is 18.4 Å². The lowest BCUT2D eigenvalue weighted by atomic mass is 10.2. The van der Waals surface area contributed by atoms with Crippen LogP contribution < -0.4 is 10.8 Å². The zero-order chi connectivity index (χ0) is 20.9. The number of hydrogen-bond acceptors (Lipinski definition) is 7. The summed E-state index contributed by atoms with van der Waals surface area (Å²) < 4.78 is 3.34. The smallest absolute Gasteiger partial charge is 0.228 e. The fraction of sp³-hybridized carbons (Fsp3) is 0.381. The highest BCUT2D eigenvalue weighted by Gasteiger charge is 2.13. The Bertz CT molecular complexity index is 1070. The molecule has 9 nitrogen and oxygen atoms in total. The highest BCUT2D eigenvalue weighted by Crippen LogP contribution is 2.18. The van der Waals surface area contributed by atoms with Crippen molar-refractivity contribution in [2.75, 3.05) is 25.0 Å². The van der Waals surface area contributed by atoms with Crippen molar-refractivity contribution in [1.29, 1.82) is 10.8 Å². The molecule has 0 saturated carbocycles. The molecule has 1 saturated heterocycles. The maximum absolute atomic E-state index is 8.47. The van der Waals surface area contributed by atoms with Crippen molar-refractivity contribution in [2.24, 2.45) is 7.05 Å². The number of likely N-dealkylation sites (tertiary alicyclic amines) is 1. The Labute approximate surface area is 175 Å². The first-order valence-corrected chi connectivity index (χ1v) is 10.3. The first-order valence-electron chi connectivity index (χ1n) is 10.3. The van der Waals surface area contributed by atoms with Gasteiger partial charge in [-0.15, -0.1) is 0 Å². The number of nitrogens with zero attached hydrogens (tertiary/aromatic N) is 6. The number of aromatic nitrogens is 5. The van der Waals surface area contributed by atoms with Crippen LogP contribution in [0.1, 0.15) is 25.7 Å². The number of pyridine rings is 1. The maximum atomic E-state index is 8.47. The topological polar surface area (TPSA) is 112 Å². The van der Waals surface area contributed by atoms with Gasteiger partial charge in [-0.25, -0.2) is 9.97 Å². The molecule has 0 amide bonds. The molecule has 3 aromatic heterocycles. The van der Waals surface area contributed by atoms with Crippen LogP contribution in [-0.2, 0) is 7.05 Å². The SMILES string of the molecule is Cn1nccc1Nc1nccc(-c2ccn(C(=N)CN3CCCCCC3)c(=N)c2)n1. The summed E-state index contributed by atoms with van der Waals surface area (Å²) in [5, 5.41) is 24.2. The first kappa shape index (κ1) is 20.0. The summed E-state index contributed by atoms with van der Waals surface area (Å²) >= 11 is 0. The summed E-state index contributed by atoms with van der Waals surface area (Å²) in [6, 6.07) is 7.30. The average molecular weight is 406 g/mol. The average Bonchev–Trinajstić information content (AvgIpc) is 2.98. The molecule has 0 bridgehead atoms. The van der Waals surface area contributed by atoms with E-state index in [-0.39, 0.29) is 5.49 Å². The van der Waals surface area contributed by atoms with Crippen molar-refractivity contribution >= 4 is 17.6 Å². The van der Waals surface area contributed by atoms with Gasteiger partial charge in [0.25, 0.3) is 0 Å². The molecular formula is C21H27N9. The van der Waals surface area contributed by atoms with E-state index in [1.807, 2.05) is 25.2 Å². The zero-order valence-electron chi connectivity index (χ0n) is 17.2. The summed E-state index contributed by atoms with van der Waals surface area (Å²) in [6.45, 7) is 2.63. The minimum Gasteiger partial charge on any atom is -0.309 e. The van der Waals surface area contributed by atoms with Gasteiger partial charge in [0.15, 0.2) is 0 Å². The zero-order valence-corrected chi connectivity index (χ0v) is 17.2. The van der Waals surface area contributed by atoms with Gasteiger partial charge in [0, 0.05) is 31.1 Å². The Kier molecular flexibility index (Phi) is 5.99. The third-order valence-corrected chi connectivity index (χ3v) is 5.33. The quantitative estimate of drug-likeness (QED) is 0.446. The molecule has 9 heteroatoms. The first-order chi connectivity index (χ1) is 14.6. The predicted molar refractivity (Wildman–Crippen MR) is 116 cm³/mol. The lowest BCUT2D eigenvalue weighted by molar-refractivity contribution is 0.322. The van der Waals surface area contributed by atoms with E-state index in [1.54, 1.807) is 33.9 Å². The van der Waals surface area contributed by atoms with Gasteiger partial charge < -0.3 is 5.32 Å². The number of hydrogen-bond donors (Lipinski definition) is 3. The van der Waals surface area contributed by atoms with Crippen LogP contribution in [0, 0.1) is 10.8 Å². The van der Waals surface area contributed by atoms with E-state index in [1.165, 1.54) is 25.7 Å². The lowest BCUT2D eigenvalue weighted by Crippen LogP contribution is -2.37. The number of anilines is 2. The fourth-order valence-corrected chi connectivity index (χ4v) is 3.67. The van der Waals surface area contributed by atoms with Crippen molar-refractivity contribution in [2.45, 2.75) is 25.7 Å². The number of nitrogens with one attached hydrogen (secondary N) is 3. The van der Waals surface area contributed by atoms with Crippen LogP contribution >= 0.6 is 0 Å². The van der Waals surface area contributed by atoms with Crippen LogP contribution in [0.2, 0.25) is 0 Å². The molecule has 4 rings (SSSR count). The molecule has 1 aliphatic heterocycles. The second-order valence-electron chi connectivity index (χ2n) is 7.54. The third-order valence-electron chi connectivity index (χ3n) is 5.33. The molecule has 1 fully saturated rings. The highest BCUT2D eigenvalue weighted by molar-refractivity contribution is 5.83. The number of rotatable bonds is 5. The predicted octanol–water partition coefficient (Wildman–Crippen LogP) is 2.60. The molecule has 0 aliphatic carbocycles. The van der Waals surface area contributed by atoms with E-state index < -0.39 is 0 Å². The summed E-state index contributed by atoms with van der Waals surface area (Å²) in [6.07, 6.45) is 10.1. The van der Waals surface area contributed by atoms with Crippen LogP contribution in [0.15, 0.2) is 42.9 Å². The Morgan fingerprint density at radius 2 is 1.90 bits per heavy atom. The molecule has 0 spiro atoms.